The van der Waals surface area contributed by atoms with Crippen LogP contribution >= 0.6 is 8.03 Å². The van der Waals surface area contributed by atoms with Gasteiger partial charge in [-0.1, -0.05) is 48.5 Å². The molecule has 21 heavy (non-hydrogen) atoms. The molecule has 0 bridgehead atoms. The fraction of sp³-hybridized carbons (Fsp3) is 0.176. The average Bonchev–Trinajstić information content (AvgIpc) is 2.51. The van der Waals surface area contributed by atoms with Crippen molar-refractivity contribution < 1.29 is 14.2 Å². The molecule has 0 amide bonds. The van der Waals surface area contributed by atoms with Crippen LogP contribution in [-0.4, -0.2) is 11.0 Å². The molecule has 4 heteroatoms. The summed E-state index contributed by atoms with van der Waals surface area (Å²) >= 11 is 0. The van der Waals surface area contributed by atoms with Crippen LogP contribution < -0.4 is 0 Å². The molecule has 3 rings (SSSR count). The lowest BCUT2D eigenvalue weighted by Gasteiger charge is -2.09. The highest BCUT2D eigenvalue weighted by atomic mass is 31.1. The minimum atomic E-state index is -2.07. The van der Waals surface area contributed by atoms with Crippen LogP contribution in [0.15, 0.2) is 54.6 Å². The van der Waals surface area contributed by atoms with Crippen molar-refractivity contribution in [2.75, 3.05) is 0 Å². The number of aliphatic hydroxyl groups excluding tert-OH is 1. The lowest BCUT2D eigenvalue weighted by atomic mass is 9.97. The van der Waals surface area contributed by atoms with E-state index < -0.39 is 13.9 Å². The van der Waals surface area contributed by atoms with Crippen molar-refractivity contribution in [2.45, 2.75) is 19.4 Å². The zero-order chi connectivity index (χ0) is 14.8. The Balaban J connectivity index is 2.14. The molecule has 3 aromatic carbocycles. The SMILES string of the molecule is CC(O)[P+](=O)OCc1c2ccccc2cc2ccccc12. The van der Waals surface area contributed by atoms with Gasteiger partial charge in [-0.25, -0.2) is 0 Å². The highest BCUT2D eigenvalue weighted by molar-refractivity contribution is 7.39. The van der Waals surface area contributed by atoms with E-state index in [0.29, 0.717) is 0 Å². The first-order chi connectivity index (χ1) is 10.2. The van der Waals surface area contributed by atoms with Crippen LogP contribution in [0.3, 0.4) is 0 Å². The number of benzene rings is 3. The monoisotopic (exact) mass is 299 g/mol. The van der Waals surface area contributed by atoms with Crippen LogP contribution in [0.4, 0.5) is 0 Å². The first-order valence-electron chi connectivity index (χ1n) is 6.83. The van der Waals surface area contributed by atoms with Gasteiger partial charge < -0.3 is 5.11 Å². The molecule has 0 heterocycles. The summed E-state index contributed by atoms with van der Waals surface area (Å²) in [4.78, 5) is 0. The normalized spacial score (nSPS) is 13.5. The molecule has 2 unspecified atom stereocenters. The van der Waals surface area contributed by atoms with E-state index >= 15 is 0 Å². The molecule has 0 saturated carbocycles. The topological polar surface area (TPSA) is 46.5 Å². The second-order valence-corrected chi connectivity index (χ2v) is 6.56. The van der Waals surface area contributed by atoms with Crippen LogP contribution in [0.2, 0.25) is 0 Å². The summed E-state index contributed by atoms with van der Waals surface area (Å²) in [5, 5.41) is 13.7. The Hall–Kier alpha value is -1.80. The fourth-order valence-electron chi connectivity index (χ4n) is 2.50. The molecule has 0 radical (unpaired) electrons. The molecule has 0 aliphatic carbocycles. The van der Waals surface area contributed by atoms with E-state index in [4.69, 9.17) is 4.52 Å². The number of rotatable bonds is 4. The van der Waals surface area contributed by atoms with E-state index in [0.717, 1.165) is 27.1 Å². The average molecular weight is 299 g/mol. The quantitative estimate of drug-likeness (QED) is 0.566. The van der Waals surface area contributed by atoms with Gasteiger partial charge in [0, 0.05) is 6.92 Å². The van der Waals surface area contributed by atoms with Gasteiger partial charge in [0.2, 0.25) is 0 Å². The van der Waals surface area contributed by atoms with E-state index in [9.17, 15) is 9.67 Å². The van der Waals surface area contributed by atoms with Crippen LogP contribution in [0.1, 0.15) is 12.5 Å². The third-order valence-electron chi connectivity index (χ3n) is 3.52. The van der Waals surface area contributed by atoms with Crippen LogP contribution in [0, 0.1) is 0 Å². The van der Waals surface area contributed by atoms with Gasteiger partial charge in [0.15, 0.2) is 0 Å². The zero-order valence-corrected chi connectivity index (χ0v) is 12.6. The molecule has 0 aromatic heterocycles. The van der Waals surface area contributed by atoms with Gasteiger partial charge in [0.1, 0.15) is 6.61 Å². The Morgan fingerprint density at radius 2 is 1.57 bits per heavy atom. The molecule has 0 aliphatic rings. The first-order valence-corrected chi connectivity index (χ1v) is 8.08. The smallest absolute Gasteiger partial charge is 0.349 e. The van der Waals surface area contributed by atoms with Crippen molar-refractivity contribution in [3.63, 3.8) is 0 Å². The van der Waals surface area contributed by atoms with E-state index in [-0.39, 0.29) is 6.61 Å². The predicted molar refractivity (Wildman–Crippen MR) is 85.5 cm³/mol. The zero-order valence-electron chi connectivity index (χ0n) is 11.7. The third-order valence-corrected chi connectivity index (χ3v) is 4.52. The Bertz CT molecular complexity index is 757. The minimum absolute atomic E-state index is 0.224. The predicted octanol–water partition coefficient (Wildman–Crippen LogP) is 4.59. The molecular formula is C17H16O3P+. The van der Waals surface area contributed by atoms with Gasteiger partial charge in [-0.05, 0) is 37.7 Å². The van der Waals surface area contributed by atoms with Crippen LogP contribution in [0.25, 0.3) is 21.5 Å². The van der Waals surface area contributed by atoms with Crippen molar-refractivity contribution in [3.8, 4) is 0 Å². The Morgan fingerprint density at radius 3 is 2.10 bits per heavy atom. The van der Waals surface area contributed by atoms with Crippen molar-refractivity contribution in [1.29, 1.82) is 0 Å². The highest BCUT2D eigenvalue weighted by Gasteiger charge is 2.26. The van der Waals surface area contributed by atoms with Crippen molar-refractivity contribution >= 4 is 29.6 Å². The second kappa shape index (κ2) is 5.90. The highest BCUT2D eigenvalue weighted by Crippen LogP contribution is 2.33. The molecule has 0 spiro atoms. The van der Waals surface area contributed by atoms with E-state index in [1.54, 1.807) is 0 Å². The maximum absolute atomic E-state index is 11.7. The number of hydrogen-bond donors (Lipinski definition) is 1. The molecule has 0 aliphatic heterocycles. The molecule has 0 fully saturated rings. The summed E-state index contributed by atoms with van der Waals surface area (Å²) in [6, 6.07) is 18.3. The Morgan fingerprint density at radius 1 is 1.05 bits per heavy atom. The standard InChI is InChI=1S/C17H16O3P/c1-12(18)21(19)20-11-17-15-8-4-2-6-13(15)10-14-7-3-5-9-16(14)17/h2-10,12,18H,11H2,1H3/q+1. The maximum atomic E-state index is 11.7. The van der Waals surface area contributed by atoms with Crippen LogP contribution in [-0.2, 0) is 15.7 Å². The first kappa shape index (κ1) is 14.2. The summed E-state index contributed by atoms with van der Waals surface area (Å²) < 4.78 is 17.0. The molecule has 3 nitrogen and oxygen atoms in total. The summed E-state index contributed by atoms with van der Waals surface area (Å²) in [5.41, 5.74) is 1.01. The lowest BCUT2D eigenvalue weighted by Crippen LogP contribution is -1.97. The van der Waals surface area contributed by atoms with Gasteiger partial charge in [0.25, 0.3) is 5.85 Å². The van der Waals surface area contributed by atoms with Gasteiger partial charge in [0.05, 0.1) is 0 Å². The molecule has 106 valence electrons. The van der Waals surface area contributed by atoms with Crippen molar-refractivity contribution in [1.82, 2.24) is 0 Å². The molecule has 3 aromatic rings. The Labute approximate surface area is 124 Å². The molecule has 2 atom stereocenters. The van der Waals surface area contributed by atoms with Crippen molar-refractivity contribution in [3.05, 3.63) is 60.2 Å². The van der Waals surface area contributed by atoms with Gasteiger partial charge in [-0.15, -0.1) is 4.52 Å². The summed E-state index contributed by atoms with van der Waals surface area (Å²) in [7, 11) is -2.07. The molecule has 0 saturated heterocycles. The summed E-state index contributed by atoms with van der Waals surface area (Å²) in [5.74, 6) is -0.957. The van der Waals surface area contributed by atoms with Gasteiger partial charge >= 0.3 is 8.03 Å². The van der Waals surface area contributed by atoms with E-state index in [1.807, 2.05) is 36.4 Å². The second-order valence-electron chi connectivity index (χ2n) is 4.99. The lowest BCUT2D eigenvalue weighted by molar-refractivity contribution is 0.229. The van der Waals surface area contributed by atoms with Gasteiger partial charge in [-0.3, -0.25) is 0 Å². The van der Waals surface area contributed by atoms with E-state index in [1.165, 1.54) is 6.92 Å². The molecular weight excluding hydrogens is 283 g/mol. The number of aliphatic hydroxyl groups is 1. The Kier molecular flexibility index (Phi) is 3.98. The minimum Gasteiger partial charge on any atom is -0.349 e. The van der Waals surface area contributed by atoms with Gasteiger partial charge in [-0.2, -0.15) is 0 Å². The van der Waals surface area contributed by atoms with Crippen LogP contribution in [0.5, 0.6) is 0 Å². The molecule has 1 N–H and O–H groups in total. The largest absolute Gasteiger partial charge is 0.540 e. The number of fused-ring (bicyclic) bond motifs is 2. The van der Waals surface area contributed by atoms with E-state index in [2.05, 4.69) is 18.2 Å². The number of hydrogen-bond acceptors (Lipinski definition) is 3. The maximum Gasteiger partial charge on any atom is 0.540 e. The third kappa shape index (κ3) is 2.81. The van der Waals surface area contributed by atoms with Crippen molar-refractivity contribution in [2.24, 2.45) is 0 Å². The fourth-order valence-corrected chi connectivity index (χ4v) is 2.97. The summed E-state index contributed by atoms with van der Waals surface area (Å²) in [6.45, 7) is 1.70. The summed E-state index contributed by atoms with van der Waals surface area (Å²) in [6.07, 6.45) is 0.